The van der Waals surface area contributed by atoms with E-state index in [4.69, 9.17) is 4.74 Å². The van der Waals surface area contributed by atoms with Gasteiger partial charge in [0.15, 0.2) is 0 Å². The first kappa shape index (κ1) is 24.8. The largest absolute Gasteiger partial charge is 0.481 e. The molecule has 1 heterocycles. The smallest absolute Gasteiger partial charge is 0.407 e. The molecule has 1 aliphatic carbocycles. The Morgan fingerprint density at radius 1 is 1.03 bits per heavy atom. The van der Waals surface area contributed by atoms with E-state index in [1.54, 1.807) is 4.90 Å². The normalized spacial score (nSPS) is 18.4. The number of aliphatic carboxylic acids is 1. The summed E-state index contributed by atoms with van der Waals surface area (Å²) < 4.78 is 5.56. The molecule has 0 aromatic heterocycles. The van der Waals surface area contributed by atoms with Crippen LogP contribution in [-0.4, -0.2) is 53.7 Å². The molecule has 0 bridgehead atoms. The molecule has 0 radical (unpaired) electrons. The SMILES string of the molecule is CC(C)C1CCCCN(C(=O)C(CC(=O)O)NC(=O)OCC2c3ccccc3-c3ccccc32)C1. The van der Waals surface area contributed by atoms with Crippen LogP contribution in [0.25, 0.3) is 11.1 Å². The number of alkyl carbamates (subject to hydrolysis) is 1. The number of benzene rings is 2. The molecule has 1 saturated heterocycles. The number of hydrogen-bond acceptors (Lipinski definition) is 4. The zero-order valence-electron chi connectivity index (χ0n) is 20.4. The second kappa shape index (κ2) is 10.9. The molecule has 2 aromatic rings. The molecule has 2 amide bonds. The van der Waals surface area contributed by atoms with Crippen LogP contribution >= 0.6 is 0 Å². The predicted molar refractivity (Wildman–Crippen MR) is 133 cm³/mol. The van der Waals surface area contributed by atoms with Gasteiger partial charge in [-0.2, -0.15) is 0 Å². The first-order valence-electron chi connectivity index (χ1n) is 12.5. The van der Waals surface area contributed by atoms with E-state index in [0.717, 1.165) is 41.5 Å². The number of nitrogens with zero attached hydrogens (tertiary/aromatic N) is 1. The lowest BCUT2D eigenvalue weighted by Gasteiger charge is -2.29. The lowest BCUT2D eigenvalue weighted by atomic mass is 9.91. The molecular formula is C28H34N2O5. The molecule has 2 aromatic carbocycles. The molecule has 7 heteroatoms. The maximum atomic E-state index is 13.3. The Kier molecular flexibility index (Phi) is 7.73. The Morgan fingerprint density at radius 2 is 1.66 bits per heavy atom. The van der Waals surface area contributed by atoms with Crippen molar-refractivity contribution < 1.29 is 24.2 Å². The average Bonchev–Trinajstić information content (AvgIpc) is 2.97. The van der Waals surface area contributed by atoms with Gasteiger partial charge in [0.05, 0.1) is 6.42 Å². The highest BCUT2D eigenvalue weighted by molar-refractivity contribution is 5.89. The van der Waals surface area contributed by atoms with Gasteiger partial charge in [0, 0.05) is 19.0 Å². The minimum atomic E-state index is -1.16. The molecule has 2 atom stereocenters. The Morgan fingerprint density at radius 3 is 2.26 bits per heavy atom. The topological polar surface area (TPSA) is 95.9 Å². The number of likely N-dealkylation sites (tertiary alicyclic amines) is 1. The Balaban J connectivity index is 1.43. The second-order valence-corrected chi connectivity index (χ2v) is 9.90. The summed E-state index contributed by atoms with van der Waals surface area (Å²) in [6.07, 6.45) is 1.70. The van der Waals surface area contributed by atoms with Crippen molar-refractivity contribution in [3.8, 4) is 11.1 Å². The van der Waals surface area contributed by atoms with Crippen molar-refractivity contribution in [1.82, 2.24) is 10.2 Å². The van der Waals surface area contributed by atoms with Gasteiger partial charge >= 0.3 is 12.1 Å². The highest BCUT2D eigenvalue weighted by Crippen LogP contribution is 2.44. The van der Waals surface area contributed by atoms with E-state index in [0.29, 0.717) is 24.9 Å². The van der Waals surface area contributed by atoms with Crippen LogP contribution in [0.5, 0.6) is 0 Å². The number of carboxylic acid groups (broad SMARTS) is 1. The number of fused-ring (bicyclic) bond motifs is 3. The fourth-order valence-electron chi connectivity index (χ4n) is 5.30. The van der Waals surface area contributed by atoms with Gasteiger partial charge in [-0.25, -0.2) is 4.79 Å². The summed E-state index contributed by atoms with van der Waals surface area (Å²) in [4.78, 5) is 39.2. The van der Waals surface area contributed by atoms with Crippen molar-refractivity contribution in [1.29, 1.82) is 0 Å². The quantitative estimate of drug-likeness (QED) is 0.604. The standard InChI is InChI=1S/C28H34N2O5/c1-18(2)19-9-7-8-14-30(16-19)27(33)25(15-26(31)32)29-28(34)35-17-24-22-12-5-3-10-20(22)21-11-4-6-13-23(21)24/h3-6,10-13,18-19,24-25H,7-9,14-17H2,1-2H3,(H,29,34)(H,31,32). The lowest BCUT2D eigenvalue weighted by Crippen LogP contribution is -2.51. The van der Waals surface area contributed by atoms with E-state index in [9.17, 15) is 19.5 Å². The summed E-state index contributed by atoms with van der Waals surface area (Å²) in [5.41, 5.74) is 4.42. The van der Waals surface area contributed by atoms with Crippen LogP contribution in [-0.2, 0) is 14.3 Å². The molecular weight excluding hydrogens is 444 g/mol. The van der Waals surface area contributed by atoms with Gasteiger partial charge in [-0.15, -0.1) is 0 Å². The lowest BCUT2D eigenvalue weighted by molar-refractivity contribution is -0.142. The molecule has 0 saturated carbocycles. The van der Waals surface area contributed by atoms with Gasteiger partial charge in [-0.05, 0) is 46.9 Å². The molecule has 1 aliphatic heterocycles. The third kappa shape index (κ3) is 5.66. The summed E-state index contributed by atoms with van der Waals surface area (Å²) in [6.45, 7) is 5.54. The molecule has 186 valence electrons. The molecule has 2 N–H and O–H groups in total. The number of ether oxygens (including phenoxy) is 1. The Labute approximate surface area is 206 Å². The summed E-state index contributed by atoms with van der Waals surface area (Å²) >= 11 is 0. The van der Waals surface area contributed by atoms with Crippen LogP contribution in [0.3, 0.4) is 0 Å². The number of rotatable bonds is 7. The molecule has 2 aliphatic rings. The third-order valence-corrected chi connectivity index (χ3v) is 7.27. The van der Waals surface area contributed by atoms with Crippen molar-refractivity contribution in [2.24, 2.45) is 11.8 Å². The monoisotopic (exact) mass is 478 g/mol. The van der Waals surface area contributed by atoms with Gasteiger partial charge in [-0.3, -0.25) is 9.59 Å². The number of carbonyl (C=O) groups is 3. The molecule has 2 unspecified atom stereocenters. The molecule has 4 rings (SSSR count). The van der Waals surface area contributed by atoms with Crippen LogP contribution in [0.1, 0.15) is 56.6 Å². The number of carboxylic acids is 1. The summed E-state index contributed by atoms with van der Waals surface area (Å²) in [7, 11) is 0. The van der Waals surface area contributed by atoms with Gasteiger partial charge in [0.2, 0.25) is 5.91 Å². The van der Waals surface area contributed by atoms with Crippen LogP contribution in [0.4, 0.5) is 4.79 Å². The van der Waals surface area contributed by atoms with E-state index in [-0.39, 0.29) is 18.4 Å². The predicted octanol–water partition coefficient (Wildman–Crippen LogP) is 4.65. The number of hydrogen-bond donors (Lipinski definition) is 2. The molecule has 1 fully saturated rings. The first-order chi connectivity index (χ1) is 16.8. The van der Waals surface area contributed by atoms with Gasteiger partial charge in [0.1, 0.15) is 12.6 Å². The Hall–Kier alpha value is -3.35. The number of amides is 2. The highest BCUT2D eigenvalue weighted by atomic mass is 16.5. The van der Waals surface area contributed by atoms with Gasteiger partial charge in [-0.1, -0.05) is 68.8 Å². The van der Waals surface area contributed by atoms with Crippen molar-refractivity contribution in [3.05, 3.63) is 59.7 Å². The van der Waals surface area contributed by atoms with E-state index in [1.165, 1.54) is 0 Å². The van der Waals surface area contributed by atoms with Crippen molar-refractivity contribution in [2.75, 3.05) is 19.7 Å². The molecule has 0 spiro atoms. The van der Waals surface area contributed by atoms with Crippen molar-refractivity contribution in [2.45, 2.75) is 51.5 Å². The fourth-order valence-corrected chi connectivity index (χ4v) is 5.30. The van der Waals surface area contributed by atoms with Crippen LogP contribution in [0.15, 0.2) is 48.5 Å². The van der Waals surface area contributed by atoms with Crippen LogP contribution in [0, 0.1) is 11.8 Å². The van der Waals surface area contributed by atoms with Gasteiger partial charge < -0.3 is 20.1 Å². The maximum absolute atomic E-state index is 13.3. The van der Waals surface area contributed by atoms with Crippen LogP contribution in [0.2, 0.25) is 0 Å². The minimum Gasteiger partial charge on any atom is -0.481 e. The fraction of sp³-hybridized carbons (Fsp3) is 0.464. The maximum Gasteiger partial charge on any atom is 0.407 e. The van der Waals surface area contributed by atoms with E-state index in [2.05, 4.69) is 31.3 Å². The van der Waals surface area contributed by atoms with Crippen LogP contribution < -0.4 is 5.32 Å². The molecule has 35 heavy (non-hydrogen) atoms. The molecule has 7 nitrogen and oxygen atoms in total. The van der Waals surface area contributed by atoms with E-state index >= 15 is 0 Å². The summed E-state index contributed by atoms with van der Waals surface area (Å²) in [6, 6.07) is 14.9. The number of nitrogens with one attached hydrogen (secondary N) is 1. The van der Waals surface area contributed by atoms with Gasteiger partial charge in [0.25, 0.3) is 0 Å². The average molecular weight is 479 g/mol. The zero-order chi connectivity index (χ0) is 24.9. The highest BCUT2D eigenvalue weighted by Gasteiger charge is 2.33. The van der Waals surface area contributed by atoms with E-state index in [1.807, 2.05) is 36.4 Å². The zero-order valence-corrected chi connectivity index (χ0v) is 20.4. The second-order valence-electron chi connectivity index (χ2n) is 9.90. The number of carbonyl (C=O) groups excluding carboxylic acids is 2. The van der Waals surface area contributed by atoms with Crippen molar-refractivity contribution >= 4 is 18.0 Å². The van der Waals surface area contributed by atoms with E-state index < -0.39 is 24.5 Å². The minimum absolute atomic E-state index is 0.104. The third-order valence-electron chi connectivity index (χ3n) is 7.27. The summed E-state index contributed by atoms with van der Waals surface area (Å²) in [5, 5.41) is 11.9. The summed E-state index contributed by atoms with van der Waals surface area (Å²) in [5.74, 6) is -0.817. The Bertz CT molecular complexity index is 1040. The van der Waals surface area contributed by atoms with Crippen molar-refractivity contribution in [3.63, 3.8) is 0 Å². The first-order valence-corrected chi connectivity index (χ1v) is 12.5.